The van der Waals surface area contributed by atoms with Crippen LogP contribution in [-0.2, 0) is 19.9 Å². The fourth-order valence-corrected chi connectivity index (χ4v) is 2.17. The largest absolute Gasteiger partial charge is 0.467 e. The van der Waals surface area contributed by atoms with Gasteiger partial charge in [0.25, 0.3) is 0 Å². The molecule has 5 heteroatoms. The van der Waals surface area contributed by atoms with Crippen molar-refractivity contribution in [3.05, 3.63) is 34.3 Å². The van der Waals surface area contributed by atoms with Gasteiger partial charge in [-0.2, -0.15) is 0 Å². The van der Waals surface area contributed by atoms with Gasteiger partial charge in [-0.3, -0.25) is 4.79 Å². The maximum atomic E-state index is 12.2. The van der Waals surface area contributed by atoms with Crippen LogP contribution in [0.1, 0.15) is 25.8 Å². The summed E-state index contributed by atoms with van der Waals surface area (Å²) in [4.78, 5) is 25.5. The molecule has 0 saturated carbocycles. The lowest BCUT2D eigenvalue weighted by Gasteiger charge is -2.36. The summed E-state index contributed by atoms with van der Waals surface area (Å²) >= 11 is 3.35. The average Bonchev–Trinajstić information content (AvgIpc) is 2.44. The minimum Gasteiger partial charge on any atom is -0.467 e. The van der Waals surface area contributed by atoms with Crippen LogP contribution in [-0.4, -0.2) is 30.9 Å². The van der Waals surface area contributed by atoms with Gasteiger partial charge in [0.2, 0.25) is 5.91 Å². The second kappa shape index (κ2) is 6.19. The number of ether oxygens (including phenoxy) is 1. The van der Waals surface area contributed by atoms with E-state index in [-0.39, 0.29) is 5.91 Å². The van der Waals surface area contributed by atoms with Crippen molar-refractivity contribution in [3.63, 3.8) is 0 Å². The van der Waals surface area contributed by atoms with Gasteiger partial charge in [-0.15, -0.1) is 0 Å². The molecule has 0 fully saturated rings. The van der Waals surface area contributed by atoms with E-state index in [0.29, 0.717) is 12.0 Å². The molecule has 0 saturated heterocycles. The average molecular weight is 328 g/mol. The zero-order valence-electron chi connectivity index (χ0n) is 11.6. The van der Waals surface area contributed by atoms with Crippen LogP contribution in [0.4, 0.5) is 0 Å². The summed E-state index contributed by atoms with van der Waals surface area (Å²) in [5.41, 5.74) is -0.408. The Morgan fingerprint density at radius 1 is 1.32 bits per heavy atom. The highest BCUT2D eigenvalue weighted by Gasteiger charge is 2.42. The van der Waals surface area contributed by atoms with Crippen molar-refractivity contribution in [2.24, 2.45) is 0 Å². The van der Waals surface area contributed by atoms with Crippen LogP contribution in [0.5, 0.6) is 0 Å². The van der Waals surface area contributed by atoms with Crippen LogP contribution in [0.2, 0.25) is 0 Å². The maximum absolute atomic E-state index is 12.2. The highest BCUT2D eigenvalue weighted by molar-refractivity contribution is 9.10. The quantitative estimate of drug-likeness (QED) is 0.799. The lowest BCUT2D eigenvalue weighted by molar-refractivity contribution is -0.160. The lowest BCUT2D eigenvalue weighted by atomic mass is 9.90. The molecule has 0 unspecified atom stereocenters. The number of benzene rings is 1. The topological polar surface area (TPSA) is 46.6 Å². The predicted octanol–water partition coefficient (Wildman–Crippen LogP) is 2.71. The zero-order chi connectivity index (χ0) is 14.6. The Balaban J connectivity index is 3.31. The molecule has 0 bridgehead atoms. The van der Waals surface area contributed by atoms with E-state index in [1.807, 2.05) is 12.1 Å². The summed E-state index contributed by atoms with van der Waals surface area (Å²) in [6.07, 6.45) is 0.333. The first kappa shape index (κ1) is 15.7. The van der Waals surface area contributed by atoms with Crippen molar-refractivity contribution in [3.8, 4) is 0 Å². The van der Waals surface area contributed by atoms with Gasteiger partial charge in [-0.05, 0) is 24.6 Å². The summed E-state index contributed by atoms with van der Waals surface area (Å²) < 4.78 is 5.78. The number of carbonyl (C=O) groups is 2. The molecule has 0 radical (unpaired) electrons. The molecular weight excluding hydrogens is 310 g/mol. The Morgan fingerprint density at radius 3 is 2.26 bits per heavy atom. The Kier molecular flexibility index (Phi) is 5.11. The number of esters is 1. The fourth-order valence-electron chi connectivity index (χ4n) is 1.91. The Labute approximate surface area is 121 Å². The highest BCUT2D eigenvalue weighted by Crippen LogP contribution is 2.30. The molecule has 0 aliphatic heterocycles. The van der Waals surface area contributed by atoms with Gasteiger partial charge in [0.05, 0.1) is 7.11 Å². The molecule has 0 aromatic heterocycles. The molecule has 104 valence electrons. The summed E-state index contributed by atoms with van der Waals surface area (Å²) in [6, 6.07) is 7.28. The minimum atomic E-state index is -1.12. The number of halogens is 1. The number of rotatable bonds is 4. The molecule has 1 amide bonds. The second-order valence-corrected chi connectivity index (χ2v) is 5.29. The number of hydrogen-bond acceptors (Lipinski definition) is 3. The molecule has 19 heavy (non-hydrogen) atoms. The Morgan fingerprint density at radius 2 is 1.84 bits per heavy atom. The van der Waals surface area contributed by atoms with Crippen LogP contribution in [0.3, 0.4) is 0 Å². The van der Waals surface area contributed by atoms with Crippen LogP contribution < -0.4 is 0 Å². The summed E-state index contributed by atoms with van der Waals surface area (Å²) in [6.45, 7) is 3.45. The number of hydrogen-bond donors (Lipinski definition) is 0. The van der Waals surface area contributed by atoms with Gasteiger partial charge in [0.15, 0.2) is 5.54 Å². The van der Waals surface area contributed by atoms with Crippen molar-refractivity contribution < 1.29 is 14.3 Å². The molecule has 0 spiro atoms. The minimum absolute atomic E-state index is 0.115. The molecule has 4 nitrogen and oxygen atoms in total. The molecular formula is C14H18BrNO3. The van der Waals surface area contributed by atoms with Gasteiger partial charge < -0.3 is 9.64 Å². The number of carbonyl (C=O) groups excluding carboxylic acids is 2. The van der Waals surface area contributed by atoms with E-state index in [4.69, 9.17) is 4.74 Å². The maximum Gasteiger partial charge on any atom is 0.336 e. The SMILES string of the molecule is CCC(=O)N(C)[C@](C)(C(=O)OC)c1ccc(Br)cc1. The third kappa shape index (κ3) is 2.97. The fraction of sp³-hybridized carbons (Fsp3) is 0.429. The van der Waals surface area contributed by atoms with Gasteiger partial charge >= 0.3 is 5.97 Å². The van der Waals surface area contributed by atoms with Gasteiger partial charge in [-0.25, -0.2) is 4.79 Å². The third-order valence-corrected chi connectivity index (χ3v) is 3.87. The van der Waals surface area contributed by atoms with Crippen molar-refractivity contribution in [1.82, 2.24) is 4.90 Å². The van der Waals surface area contributed by atoms with E-state index in [1.165, 1.54) is 12.0 Å². The third-order valence-electron chi connectivity index (χ3n) is 3.34. The molecule has 1 rings (SSSR count). The predicted molar refractivity (Wildman–Crippen MR) is 76.6 cm³/mol. The van der Waals surface area contributed by atoms with Crippen LogP contribution in [0, 0.1) is 0 Å². The van der Waals surface area contributed by atoms with E-state index >= 15 is 0 Å². The van der Waals surface area contributed by atoms with Crippen LogP contribution >= 0.6 is 15.9 Å². The van der Waals surface area contributed by atoms with Crippen LogP contribution in [0.15, 0.2) is 28.7 Å². The van der Waals surface area contributed by atoms with E-state index in [0.717, 1.165) is 4.47 Å². The normalized spacial score (nSPS) is 13.5. The van der Waals surface area contributed by atoms with E-state index in [1.54, 1.807) is 33.0 Å². The van der Waals surface area contributed by atoms with Crippen molar-refractivity contribution in [1.29, 1.82) is 0 Å². The van der Waals surface area contributed by atoms with E-state index in [9.17, 15) is 9.59 Å². The first-order valence-electron chi connectivity index (χ1n) is 5.99. The highest BCUT2D eigenvalue weighted by atomic mass is 79.9. The number of nitrogens with zero attached hydrogens (tertiary/aromatic N) is 1. The second-order valence-electron chi connectivity index (χ2n) is 4.38. The lowest BCUT2D eigenvalue weighted by Crippen LogP contribution is -2.51. The van der Waals surface area contributed by atoms with Gasteiger partial charge in [-0.1, -0.05) is 35.0 Å². The molecule has 0 aliphatic carbocycles. The Bertz CT molecular complexity index is 472. The smallest absolute Gasteiger partial charge is 0.336 e. The standard InChI is InChI=1S/C14H18BrNO3/c1-5-12(17)16(3)14(2,13(18)19-4)10-6-8-11(15)9-7-10/h6-9H,5H2,1-4H3/t14-/m0/s1. The van der Waals surface area contributed by atoms with Crippen molar-refractivity contribution >= 4 is 27.8 Å². The van der Waals surface area contributed by atoms with E-state index in [2.05, 4.69) is 15.9 Å². The summed E-state index contributed by atoms with van der Waals surface area (Å²) in [5.74, 6) is -0.574. The summed E-state index contributed by atoms with van der Waals surface area (Å²) in [5, 5.41) is 0. The van der Waals surface area contributed by atoms with Crippen molar-refractivity contribution in [2.45, 2.75) is 25.8 Å². The number of methoxy groups -OCH3 is 1. The number of likely N-dealkylation sites (N-methyl/N-ethyl adjacent to an activating group) is 1. The number of amides is 1. The molecule has 1 atom stereocenters. The van der Waals surface area contributed by atoms with E-state index < -0.39 is 11.5 Å². The van der Waals surface area contributed by atoms with Crippen molar-refractivity contribution in [2.75, 3.05) is 14.2 Å². The molecule has 0 heterocycles. The van der Waals surface area contributed by atoms with Gasteiger partial charge in [0.1, 0.15) is 0 Å². The molecule has 1 aromatic rings. The molecule has 1 aromatic carbocycles. The zero-order valence-corrected chi connectivity index (χ0v) is 13.2. The first-order valence-corrected chi connectivity index (χ1v) is 6.78. The Hall–Kier alpha value is -1.36. The van der Waals surface area contributed by atoms with Gasteiger partial charge in [0, 0.05) is 17.9 Å². The molecule has 0 aliphatic rings. The first-order chi connectivity index (χ1) is 8.87. The van der Waals surface area contributed by atoms with Crippen LogP contribution in [0.25, 0.3) is 0 Å². The summed E-state index contributed by atoms with van der Waals surface area (Å²) in [7, 11) is 2.94. The molecule has 0 N–H and O–H groups in total. The monoisotopic (exact) mass is 327 g/mol.